The van der Waals surface area contributed by atoms with Crippen LogP contribution in [0.15, 0.2) is 32.1 Å². The molecule has 2 heterocycles. The molecule has 1 amide bonds. The van der Waals surface area contributed by atoms with Gasteiger partial charge in [0.05, 0.1) is 5.69 Å². The van der Waals surface area contributed by atoms with Gasteiger partial charge in [0.1, 0.15) is 0 Å². The van der Waals surface area contributed by atoms with E-state index >= 15 is 0 Å². The van der Waals surface area contributed by atoms with Gasteiger partial charge in [-0.2, -0.15) is 5.10 Å². The number of hydrogen-bond acceptors (Lipinski definition) is 4. The minimum absolute atomic E-state index is 0.0116. The number of rotatable bonds is 2. The van der Waals surface area contributed by atoms with E-state index in [1.165, 1.54) is 0 Å². The van der Waals surface area contributed by atoms with Gasteiger partial charge >= 0.3 is 0 Å². The fourth-order valence-corrected chi connectivity index (χ4v) is 2.66. The molecule has 20 heavy (non-hydrogen) atoms. The first kappa shape index (κ1) is 13.1. The zero-order chi connectivity index (χ0) is 14.1. The molecule has 2 N–H and O–H groups in total. The molecule has 0 saturated carbocycles. The number of carbonyl (C=O) groups excluding carboxylic acids is 1. The van der Waals surface area contributed by atoms with Crippen molar-refractivity contribution in [3.05, 3.63) is 50.2 Å². The number of aromatic amines is 1. The topological polar surface area (TPSA) is 88.0 Å². The molecule has 0 aromatic carbocycles. The first-order chi connectivity index (χ1) is 9.61. The number of nitrogens with zero attached hydrogens (tertiary/aromatic N) is 1. The molecule has 104 valence electrons. The second kappa shape index (κ2) is 5.24. The molecule has 0 fully saturated rings. The maximum absolute atomic E-state index is 12.0. The Kier molecular flexibility index (Phi) is 3.43. The Balaban J connectivity index is 1.71. The molecule has 3 rings (SSSR count). The number of halogens is 1. The van der Waals surface area contributed by atoms with E-state index in [2.05, 4.69) is 31.4 Å². The normalized spacial score (nSPS) is 17.6. The standard InChI is InChI=1S/C13H12BrN3O3/c14-11-4-3-10(20-11)13(19)15-8-1-2-9-7(5-8)6-12(18)17-16-9/h3-4,6,8H,1-2,5H2,(H,15,19)(H,17,18)/t8-/m0/s1. The summed E-state index contributed by atoms with van der Waals surface area (Å²) in [5.74, 6) is 0.0219. The maximum Gasteiger partial charge on any atom is 0.287 e. The highest BCUT2D eigenvalue weighted by molar-refractivity contribution is 9.10. The fourth-order valence-electron chi connectivity index (χ4n) is 2.36. The highest BCUT2D eigenvalue weighted by atomic mass is 79.9. The summed E-state index contributed by atoms with van der Waals surface area (Å²) in [6.07, 6.45) is 2.14. The first-order valence-corrected chi connectivity index (χ1v) is 7.05. The van der Waals surface area contributed by atoms with Crippen LogP contribution in [-0.4, -0.2) is 22.1 Å². The van der Waals surface area contributed by atoms with Gasteiger partial charge in [-0.05, 0) is 52.9 Å². The lowest BCUT2D eigenvalue weighted by Crippen LogP contribution is -2.39. The highest BCUT2D eigenvalue weighted by Gasteiger charge is 2.23. The summed E-state index contributed by atoms with van der Waals surface area (Å²) in [6.45, 7) is 0. The lowest BCUT2D eigenvalue weighted by atomic mass is 9.92. The average Bonchev–Trinajstić information content (AvgIpc) is 2.85. The lowest BCUT2D eigenvalue weighted by Gasteiger charge is -2.23. The van der Waals surface area contributed by atoms with E-state index in [1.807, 2.05) is 0 Å². The van der Waals surface area contributed by atoms with E-state index < -0.39 is 0 Å². The molecule has 0 saturated heterocycles. The van der Waals surface area contributed by atoms with Crippen molar-refractivity contribution < 1.29 is 9.21 Å². The van der Waals surface area contributed by atoms with E-state index in [9.17, 15) is 9.59 Å². The third-order valence-electron chi connectivity index (χ3n) is 3.31. The molecule has 0 aliphatic heterocycles. The molecule has 0 bridgehead atoms. The van der Waals surface area contributed by atoms with E-state index in [0.29, 0.717) is 11.1 Å². The largest absolute Gasteiger partial charge is 0.444 e. The van der Waals surface area contributed by atoms with Gasteiger partial charge < -0.3 is 9.73 Å². The van der Waals surface area contributed by atoms with Gasteiger partial charge in [-0.1, -0.05) is 0 Å². The monoisotopic (exact) mass is 337 g/mol. The summed E-state index contributed by atoms with van der Waals surface area (Å²) in [6, 6.07) is 4.82. The number of aryl methyl sites for hydroxylation is 1. The Morgan fingerprint density at radius 1 is 1.50 bits per heavy atom. The quantitative estimate of drug-likeness (QED) is 0.867. The number of aromatic nitrogens is 2. The van der Waals surface area contributed by atoms with Crippen LogP contribution in [-0.2, 0) is 12.8 Å². The third-order valence-corrected chi connectivity index (χ3v) is 3.73. The number of fused-ring (bicyclic) bond motifs is 1. The van der Waals surface area contributed by atoms with Gasteiger partial charge in [-0.3, -0.25) is 9.59 Å². The SMILES string of the molecule is O=C(N[C@H]1CCc2n[nH]c(=O)cc2C1)c1ccc(Br)o1. The van der Waals surface area contributed by atoms with Crippen LogP contribution >= 0.6 is 15.9 Å². The van der Waals surface area contributed by atoms with Crippen molar-refractivity contribution in [3.8, 4) is 0 Å². The smallest absolute Gasteiger partial charge is 0.287 e. The van der Waals surface area contributed by atoms with Crippen LogP contribution < -0.4 is 10.9 Å². The molecular formula is C13H12BrN3O3. The number of carbonyl (C=O) groups is 1. The van der Waals surface area contributed by atoms with Crippen LogP contribution in [0, 0.1) is 0 Å². The summed E-state index contributed by atoms with van der Waals surface area (Å²) < 4.78 is 5.73. The van der Waals surface area contributed by atoms with Crippen LogP contribution in [0.25, 0.3) is 0 Å². The van der Waals surface area contributed by atoms with Gasteiger partial charge in [0.15, 0.2) is 10.4 Å². The van der Waals surface area contributed by atoms with Crippen molar-refractivity contribution in [2.75, 3.05) is 0 Å². The summed E-state index contributed by atoms with van der Waals surface area (Å²) in [7, 11) is 0. The average molecular weight is 338 g/mol. The minimum Gasteiger partial charge on any atom is -0.444 e. The van der Waals surface area contributed by atoms with Crippen molar-refractivity contribution in [2.24, 2.45) is 0 Å². The number of hydrogen-bond donors (Lipinski definition) is 2. The molecule has 0 radical (unpaired) electrons. The van der Waals surface area contributed by atoms with Gasteiger partial charge in [-0.15, -0.1) is 0 Å². The van der Waals surface area contributed by atoms with Crippen LogP contribution in [0.3, 0.4) is 0 Å². The molecule has 2 aromatic rings. The van der Waals surface area contributed by atoms with Crippen molar-refractivity contribution in [1.82, 2.24) is 15.5 Å². The highest BCUT2D eigenvalue weighted by Crippen LogP contribution is 2.19. The Bertz CT molecular complexity index is 707. The molecule has 1 aliphatic carbocycles. The van der Waals surface area contributed by atoms with E-state index in [4.69, 9.17) is 4.42 Å². The van der Waals surface area contributed by atoms with E-state index in [1.54, 1.807) is 18.2 Å². The fraction of sp³-hybridized carbons (Fsp3) is 0.308. The van der Waals surface area contributed by atoms with Crippen LogP contribution in [0.2, 0.25) is 0 Å². The summed E-state index contributed by atoms with van der Waals surface area (Å²) in [5, 5.41) is 9.36. The summed E-state index contributed by atoms with van der Waals surface area (Å²) >= 11 is 3.16. The Hall–Kier alpha value is -1.89. The van der Waals surface area contributed by atoms with Crippen LogP contribution in [0.1, 0.15) is 28.2 Å². The minimum atomic E-state index is -0.248. The van der Waals surface area contributed by atoms with Crippen LogP contribution in [0.4, 0.5) is 0 Å². The van der Waals surface area contributed by atoms with E-state index in [0.717, 1.165) is 24.1 Å². The van der Waals surface area contributed by atoms with Crippen molar-refractivity contribution in [3.63, 3.8) is 0 Å². The third kappa shape index (κ3) is 2.67. The van der Waals surface area contributed by atoms with Gasteiger partial charge in [0, 0.05) is 12.1 Å². The second-order valence-corrected chi connectivity index (χ2v) is 5.50. The Morgan fingerprint density at radius 3 is 3.10 bits per heavy atom. The predicted octanol–water partition coefficient (Wildman–Crippen LogP) is 1.41. The number of nitrogens with one attached hydrogen (secondary N) is 2. The molecule has 7 heteroatoms. The predicted molar refractivity (Wildman–Crippen MR) is 74.5 cm³/mol. The number of furan rings is 1. The molecule has 1 atom stereocenters. The number of H-pyrrole nitrogens is 1. The van der Waals surface area contributed by atoms with E-state index in [-0.39, 0.29) is 23.3 Å². The van der Waals surface area contributed by atoms with Crippen molar-refractivity contribution in [1.29, 1.82) is 0 Å². The van der Waals surface area contributed by atoms with Gasteiger partial charge in [0.2, 0.25) is 0 Å². The summed E-state index contributed by atoms with van der Waals surface area (Å²) in [5.41, 5.74) is 1.58. The first-order valence-electron chi connectivity index (χ1n) is 6.25. The molecule has 0 spiro atoms. The van der Waals surface area contributed by atoms with Crippen molar-refractivity contribution >= 4 is 21.8 Å². The van der Waals surface area contributed by atoms with Crippen molar-refractivity contribution in [2.45, 2.75) is 25.3 Å². The Labute approximate surface area is 122 Å². The zero-order valence-electron chi connectivity index (χ0n) is 10.5. The number of amides is 1. The Morgan fingerprint density at radius 2 is 2.35 bits per heavy atom. The summed E-state index contributed by atoms with van der Waals surface area (Å²) in [4.78, 5) is 23.3. The molecular weight excluding hydrogens is 326 g/mol. The molecule has 1 aliphatic rings. The van der Waals surface area contributed by atoms with Gasteiger partial charge in [0.25, 0.3) is 11.5 Å². The second-order valence-electron chi connectivity index (χ2n) is 4.72. The maximum atomic E-state index is 12.0. The lowest BCUT2D eigenvalue weighted by molar-refractivity contribution is 0.0904. The van der Waals surface area contributed by atoms with Gasteiger partial charge in [-0.25, -0.2) is 5.10 Å². The molecule has 2 aromatic heterocycles. The van der Waals surface area contributed by atoms with Crippen LogP contribution in [0.5, 0.6) is 0 Å². The zero-order valence-corrected chi connectivity index (χ0v) is 12.1. The molecule has 6 nitrogen and oxygen atoms in total. The molecule has 0 unspecified atom stereocenters.